The summed E-state index contributed by atoms with van der Waals surface area (Å²) in [6.07, 6.45) is 3.61. The van der Waals surface area contributed by atoms with Crippen LogP contribution in [0.1, 0.15) is 12.8 Å². The highest BCUT2D eigenvalue weighted by Crippen LogP contribution is 2.30. The van der Waals surface area contributed by atoms with E-state index in [1.165, 1.54) is 0 Å². The van der Waals surface area contributed by atoms with Crippen LogP contribution in [0.25, 0.3) is 11.3 Å². The summed E-state index contributed by atoms with van der Waals surface area (Å²) in [6.45, 7) is 1.57. The third-order valence-corrected chi connectivity index (χ3v) is 6.38. The van der Waals surface area contributed by atoms with Crippen LogP contribution in [0.2, 0.25) is 0 Å². The van der Waals surface area contributed by atoms with Gasteiger partial charge in [-0.3, -0.25) is 4.79 Å². The fourth-order valence-corrected chi connectivity index (χ4v) is 4.40. The highest BCUT2D eigenvalue weighted by Gasteiger charge is 2.26. The van der Waals surface area contributed by atoms with E-state index < -0.39 is 0 Å². The SMILES string of the molecule is COc1ccccc1-c1ccc(N2CCC(C(=O)Nc3ccccc3SC)CC2)nn1. The molecule has 1 amide bonds. The molecule has 0 spiro atoms. The molecule has 0 saturated carbocycles. The summed E-state index contributed by atoms with van der Waals surface area (Å²) in [5.41, 5.74) is 2.59. The quantitative estimate of drug-likeness (QED) is 0.566. The minimum Gasteiger partial charge on any atom is -0.496 e. The van der Waals surface area contributed by atoms with Crippen LogP contribution in [-0.2, 0) is 4.79 Å². The Labute approximate surface area is 187 Å². The van der Waals surface area contributed by atoms with Crippen molar-refractivity contribution in [3.05, 3.63) is 60.7 Å². The average Bonchev–Trinajstić information content (AvgIpc) is 2.84. The van der Waals surface area contributed by atoms with Gasteiger partial charge >= 0.3 is 0 Å². The van der Waals surface area contributed by atoms with Gasteiger partial charge in [0.15, 0.2) is 5.82 Å². The molecule has 2 aromatic carbocycles. The first-order chi connectivity index (χ1) is 15.2. The summed E-state index contributed by atoms with van der Waals surface area (Å²) in [7, 11) is 1.65. The maximum absolute atomic E-state index is 12.8. The minimum absolute atomic E-state index is 0.00646. The van der Waals surface area contributed by atoms with Crippen LogP contribution >= 0.6 is 11.8 Å². The lowest BCUT2D eigenvalue weighted by molar-refractivity contribution is -0.120. The average molecular weight is 435 g/mol. The monoisotopic (exact) mass is 434 g/mol. The van der Waals surface area contributed by atoms with E-state index in [1.807, 2.05) is 66.9 Å². The van der Waals surface area contributed by atoms with Gasteiger partial charge in [0, 0.05) is 29.5 Å². The van der Waals surface area contributed by atoms with Crippen LogP contribution in [0, 0.1) is 5.92 Å². The van der Waals surface area contributed by atoms with Gasteiger partial charge < -0.3 is 15.0 Å². The lowest BCUT2D eigenvalue weighted by Crippen LogP contribution is -2.38. The first kappa shape index (κ1) is 21.2. The molecule has 2 heterocycles. The van der Waals surface area contributed by atoms with Crippen molar-refractivity contribution < 1.29 is 9.53 Å². The molecule has 0 unspecified atom stereocenters. The van der Waals surface area contributed by atoms with E-state index in [2.05, 4.69) is 20.4 Å². The predicted molar refractivity (Wildman–Crippen MR) is 126 cm³/mol. The third-order valence-electron chi connectivity index (χ3n) is 5.59. The molecule has 31 heavy (non-hydrogen) atoms. The second-order valence-corrected chi connectivity index (χ2v) is 8.28. The number of hydrogen-bond donors (Lipinski definition) is 1. The number of carbonyl (C=O) groups excluding carboxylic acids is 1. The molecular formula is C24H26N4O2S. The molecule has 0 atom stereocenters. The largest absolute Gasteiger partial charge is 0.496 e. The van der Waals surface area contributed by atoms with E-state index in [1.54, 1.807) is 18.9 Å². The fourth-order valence-electron chi connectivity index (χ4n) is 3.85. The Morgan fingerprint density at radius 2 is 1.77 bits per heavy atom. The van der Waals surface area contributed by atoms with Crippen LogP contribution < -0.4 is 15.0 Å². The summed E-state index contributed by atoms with van der Waals surface area (Å²) in [4.78, 5) is 16.0. The van der Waals surface area contributed by atoms with E-state index in [4.69, 9.17) is 4.74 Å². The van der Waals surface area contributed by atoms with Crippen LogP contribution in [0.5, 0.6) is 5.75 Å². The predicted octanol–water partition coefficient (Wildman–Crippen LogP) is 4.73. The van der Waals surface area contributed by atoms with E-state index >= 15 is 0 Å². The van der Waals surface area contributed by atoms with Gasteiger partial charge in [0.2, 0.25) is 5.91 Å². The van der Waals surface area contributed by atoms with Crippen LogP contribution in [0.4, 0.5) is 11.5 Å². The second kappa shape index (κ2) is 9.83. The molecule has 3 aromatic rings. The summed E-state index contributed by atoms with van der Waals surface area (Å²) < 4.78 is 5.42. The summed E-state index contributed by atoms with van der Waals surface area (Å²) in [5.74, 6) is 1.72. The van der Waals surface area contributed by atoms with Crippen molar-refractivity contribution >= 4 is 29.2 Å². The van der Waals surface area contributed by atoms with Crippen molar-refractivity contribution in [1.82, 2.24) is 10.2 Å². The molecule has 1 fully saturated rings. The van der Waals surface area contributed by atoms with Crippen molar-refractivity contribution in [2.75, 3.05) is 36.7 Å². The highest BCUT2D eigenvalue weighted by atomic mass is 32.2. The molecule has 0 aliphatic carbocycles. The van der Waals surface area contributed by atoms with Crippen LogP contribution in [0.3, 0.4) is 0 Å². The van der Waals surface area contributed by atoms with Gasteiger partial charge in [0.1, 0.15) is 5.75 Å². The lowest BCUT2D eigenvalue weighted by atomic mass is 9.95. The van der Waals surface area contributed by atoms with Gasteiger partial charge in [-0.25, -0.2) is 0 Å². The zero-order valence-electron chi connectivity index (χ0n) is 17.7. The molecule has 6 nitrogen and oxygen atoms in total. The van der Waals surface area contributed by atoms with E-state index in [9.17, 15) is 4.79 Å². The van der Waals surface area contributed by atoms with Crippen molar-refractivity contribution in [1.29, 1.82) is 0 Å². The highest BCUT2D eigenvalue weighted by molar-refractivity contribution is 7.98. The van der Waals surface area contributed by atoms with E-state index in [-0.39, 0.29) is 11.8 Å². The second-order valence-electron chi connectivity index (χ2n) is 7.43. The Hall–Kier alpha value is -3.06. The molecule has 4 rings (SSSR count). The molecular weight excluding hydrogens is 408 g/mol. The number of nitrogens with zero attached hydrogens (tertiary/aromatic N) is 3. The molecule has 7 heteroatoms. The normalized spacial score (nSPS) is 14.3. The number of aromatic nitrogens is 2. The van der Waals surface area contributed by atoms with Crippen LogP contribution in [0.15, 0.2) is 65.6 Å². The number of rotatable bonds is 6. The summed E-state index contributed by atoms with van der Waals surface area (Å²) >= 11 is 1.64. The van der Waals surface area contributed by atoms with Crippen molar-refractivity contribution in [2.24, 2.45) is 5.92 Å². The van der Waals surface area contributed by atoms with Crippen molar-refractivity contribution in [3.8, 4) is 17.0 Å². The van der Waals surface area contributed by atoms with Crippen LogP contribution in [-0.4, -0.2) is 42.6 Å². The van der Waals surface area contributed by atoms with Gasteiger partial charge in [-0.2, -0.15) is 0 Å². The number of para-hydroxylation sites is 2. The van der Waals surface area contributed by atoms with Crippen molar-refractivity contribution in [3.63, 3.8) is 0 Å². The molecule has 1 saturated heterocycles. The van der Waals surface area contributed by atoms with Gasteiger partial charge in [0.25, 0.3) is 0 Å². The topological polar surface area (TPSA) is 67.3 Å². The number of nitrogens with one attached hydrogen (secondary N) is 1. The lowest BCUT2D eigenvalue weighted by Gasteiger charge is -2.32. The first-order valence-electron chi connectivity index (χ1n) is 10.4. The number of methoxy groups -OCH3 is 1. The molecule has 160 valence electrons. The fraction of sp³-hybridized carbons (Fsp3) is 0.292. The molecule has 1 aromatic heterocycles. The number of benzene rings is 2. The van der Waals surface area contributed by atoms with E-state index in [0.717, 1.165) is 59.3 Å². The molecule has 1 aliphatic rings. The minimum atomic E-state index is 0.00646. The first-order valence-corrected chi connectivity index (χ1v) is 11.6. The third kappa shape index (κ3) is 4.82. The zero-order chi connectivity index (χ0) is 21.6. The van der Waals surface area contributed by atoms with Gasteiger partial charge in [0.05, 0.1) is 18.5 Å². The van der Waals surface area contributed by atoms with Gasteiger partial charge in [-0.05, 0) is 55.5 Å². The molecule has 0 bridgehead atoms. The van der Waals surface area contributed by atoms with Gasteiger partial charge in [-0.1, -0.05) is 24.3 Å². The number of piperidine rings is 1. The van der Waals surface area contributed by atoms with Crippen molar-refractivity contribution in [2.45, 2.75) is 17.7 Å². The summed E-state index contributed by atoms with van der Waals surface area (Å²) in [5, 5.41) is 11.9. The number of ether oxygens (including phenoxy) is 1. The maximum atomic E-state index is 12.8. The maximum Gasteiger partial charge on any atom is 0.227 e. The van der Waals surface area contributed by atoms with Gasteiger partial charge in [-0.15, -0.1) is 22.0 Å². The number of hydrogen-bond acceptors (Lipinski definition) is 6. The summed E-state index contributed by atoms with van der Waals surface area (Å²) in [6, 6.07) is 19.7. The van der Waals surface area contributed by atoms with E-state index in [0.29, 0.717) is 0 Å². The number of thioether (sulfide) groups is 1. The Bertz CT molecular complexity index is 1030. The number of amides is 1. The molecule has 0 radical (unpaired) electrons. The molecule has 1 N–H and O–H groups in total. The Morgan fingerprint density at radius 1 is 1.03 bits per heavy atom. The molecule has 1 aliphatic heterocycles. The Balaban J connectivity index is 1.37. The Kier molecular flexibility index (Phi) is 6.72. The smallest absolute Gasteiger partial charge is 0.227 e. The number of carbonyl (C=O) groups is 1. The Morgan fingerprint density at radius 3 is 2.48 bits per heavy atom. The standard InChI is InChI=1S/C24H26N4O2S/c1-30-21-9-5-3-7-18(21)19-11-12-23(27-26-19)28-15-13-17(14-16-28)24(29)25-20-8-4-6-10-22(20)31-2/h3-12,17H,13-16H2,1-2H3,(H,25,29). The zero-order valence-corrected chi connectivity index (χ0v) is 18.6. The number of anilines is 2.